The summed E-state index contributed by atoms with van der Waals surface area (Å²) >= 11 is 1.73. The number of carbonyl (C=O) groups is 1. The van der Waals surface area contributed by atoms with Crippen LogP contribution in [0.4, 0.5) is 5.82 Å². The van der Waals surface area contributed by atoms with Crippen molar-refractivity contribution < 1.29 is 4.79 Å². The Morgan fingerprint density at radius 1 is 1.50 bits per heavy atom. The number of thioether (sulfide) groups is 1. The number of carbonyl (C=O) groups excluding carboxylic acids is 1. The number of rotatable bonds is 6. The number of amides is 1. The van der Waals surface area contributed by atoms with E-state index in [0.29, 0.717) is 11.7 Å². The molecule has 1 aromatic heterocycles. The van der Waals surface area contributed by atoms with Crippen LogP contribution >= 0.6 is 11.8 Å². The molecule has 0 aliphatic heterocycles. The van der Waals surface area contributed by atoms with E-state index in [9.17, 15) is 4.79 Å². The first kappa shape index (κ1) is 14.8. The Morgan fingerprint density at radius 3 is 2.83 bits per heavy atom. The Bertz CT molecular complexity index is 396. The maximum absolute atomic E-state index is 12.1. The maximum atomic E-state index is 12.1. The van der Waals surface area contributed by atoms with Gasteiger partial charge in [0.1, 0.15) is 11.5 Å². The zero-order chi connectivity index (χ0) is 13.5. The molecule has 0 saturated heterocycles. The van der Waals surface area contributed by atoms with Crippen LogP contribution in [-0.2, 0) is 0 Å². The van der Waals surface area contributed by atoms with E-state index >= 15 is 0 Å². The van der Waals surface area contributed by atoms with E-state index < -0.39 is 0 Å². The highest BCUT2D eigenvalue weighted by molar-refractivity contribution is 7.98. The average molecular weight is 267 g/mol. The second-order valence-electron chi connectivity index (χ2n) is 4.43. The van der Waals surface area contributed by atoms with Gasteiger partial charge in [-0.3, -0.25) is 4.79 Å². The molecule has 0 bridgehead atoms. The summed E-state index contributed by atoms with van der Waals surface area (Å²) in [6.45, 7) is 4.82. The van der Waals surface area contributed by atoms with Crippen molar-refractivity contribution >= 4 is 23.5 Å². The van der Waals surface area contributed by atoms with Gasteiger partial charge in [0.2, 0.25) is 0 Å². The molecule has 1 aromatic rings. The molecule has 0 saturated carbocycles. The summed E-state index contributed by atoms with van der Waals surface area (Å²) < 4.78 is 0. The van der Waals surface area contributed by atoms with Gasteiger partial charge in [-0.25, -0.2) is 4.98 Å². The lowest BCUT2D eigenvalue weighted by molar-refractivity contribution is 0.0798. The first-order valence-corrected chi connectivity index (χ1v) is 7.42. The number of hydrogen-bond donors (Lipinski definition) is 1. The van der Waals surface area contributed by atoms with E-state index in [1.165, 1.54) is 0 Å². The Morgan fingerprint density at radius 2 is 2.22 bits per heavy atom. The number of nitrogens with zero attached hydrogens (tertiary/aromatic N) is 2. The van der Waals surface area contributed by atoms with Gasteiger partial charge in [-0.1, -0.05) is 6.07 Å². The predicted molar refractivity (Wildman–Crippen MR) is 78.3 cm³/mol. The molecule has 100 valence electrons. The zero-order valence-electron chi connectivity index (χ0n) is 11.4. The van der Waals surface area contributed by atoms with E-state index in [1.54, 1.807) is 22.7 Å². The molecule has 0 aliphatic rings. The Hall–Kier alpha value is -1.23. The van der Waals surface area contributed by atoms with Crippen LogP contribution in [0.5, 0.6) is 0 Å². The molecule has 0 radical (unpaired) electrons. The molecule has 1 rings (SSSR count). The minimum atomic E-state index is -0.0311. The van der Waals surface area contributed by atoms with Crippen LogP contribution in [0.3, 0.4) is 0 Å². The van der Waals surface area contributed by atoms with Crippen molar-refractivity contribution in [2.24, 2.45) is 0 Å². The molecule has 18 heavy (non-hydrogen) atoms. The summed E-state index contributed by atoms with van der Waals surface area (Å²) in [4.78, 5) is 18.2. The van der Waals surface area contributed by atoms with Crippen LogP contribution in [-0.4, -0.2) is 47.4 Å². The van der Waals surface area contributed by atoms with Crippen molar-refractivity contribution in [1.29, 1.82) is 0 Å². The fraction of sp³-hybridized carbons (Fsp3) is 0.538. The van der Waals surface area contributed by atoms with Crippen LogP contribution in [0, 0.1) is 0 Å². The summed E-state index contributed by atoms with van der Waals surface area (Å²) in [5.74, 6) is 1.65. The Labute approximate surface area is 113 Å². The topological polar surface area (TPSA) is 45.2 Å². The molecule has 1 N–H and O–H groups in total. The van der Waals surface area contributed by atoms with Gasteiger partial charge in [0.25, 0.3) is 5.91 Å². The summed E-state index contributed by atoms with van der Waals surface area (Å²) in [5.41, 5.74) is 0.490. The normalized spacial score (nSPS) is 10.5. The molecule has 0 aromatic carbocycles. The second-order valence-corrected chi connectivity index (χ2v) is 5.41. The summed E-state index contributed by atoms with van der Waals surface area (Å²) in [6.07, 6.45) is 2.03. The van der Waals surface area contributed by atoms with E-state index in [1.807, 2.05) is 39.3 Å². The van der Waals surface area contributed by atoms with Gasteiger partial charge in [0, 0.05) is 25.4 Å². The Balaban J connectivity index is 2.73. The van der Waals surface area contributed by atoms with Crippen molar-refractivity contribution in [2.45, 2.75) is 19.9 Å². The monoisotopic (exact) mass is 267 g/mol. The van der Waals surface area contributed by atoms with Gasteiger partial charge in [0.05, 0.1) is 0 Å². The van der Waals surface area contributed by atoms with E-state index in [4.69, 9.17) is 0 Å². The van der Waals surface area contributed by atoms with Crippen molar-refractivity contribution in [2.75, 3.05) is 30.9 Å². The third-order valence-electron chi connectivity index (χ3n) is 2.38. The minimum Gasteiger partial charge on any atom is -0.368 e. The number of anilines is 1. The quantitative estimate of drug-likeness (QED) is 0.859. The molecule has 4 nitrogen and oxygen atoms in total. The standard InChI is InChI=1S/C13H21N3OS/c1-10(2)14-12-7-5-6-11(15-12)13(17)16(3)8-9-18-4/h5-7,10H,8-9H2,1-4H3,(H,14,15). The summed E-state index contributed by atoms with van der Waals surface area (Å²) in [5, 5.41) is 3.20. The van der Waals surface area contributed by atoms with Crippen LogP contribution in [0.15, 0.2) is 18.2 Å². The van der Waals surface area contributed by atoms with E-state index in [2.05, 4.69) is 10.3 Å². The van der Waals surface area contributed by atoms with Crippen molar-refractivity contribution in [1.82, 2.24) is 9.88 Å². The van der Waals surface area contributed by atoms with E-state index in [0.717, 1.165) is 18.1 Å². The van der Waals surface area contributed by atoms with Crippen molar-refractivity contribution in [3.05, 3.63) is 23.9 Å². The largest absolute Gasteiger partial charge is 0.368 e. The number of pyridine rings is 1. The fourth-order valence-electron chi connectivity index (χ4n) is 1.46. The lowest BCUT2D eigenvalue weighted by atomic mass is 10.3. The zero-order valence-corrected chi connectivity index (χ0v) is 12.3. The third kappa shape index (κ3) is 4.56. The number of hydrogen-bond acceptors (Lipinski definition) is 4. The fourth-order valence-corrected chi connectivity index (χ4v) is 1.91. The van der Waals surface area contributed by atoms with Gasteiger partial charge in [0.15, 0.2) is 0 Å². The van der Waals surface area contributed by atoms with Gasteiger partial charge in [-0.2, -0.15) is 11.8 Å². The van der Waals surface area contributed by atoms with Gasteiger partial charge >= 0.3 is 0 Å². The first-order chi connectivity index (χ1) is 8.54. The third-order valence-corrected chi connectivity index (χ3v) is 2.97. The number of aromatic nitrogens is 1. The van der Waals surface area contributed by atoms with Crippen LogP contribution in [0.1, 0.15) is 24.3 Å². The SMILES string of the molecule is CSCCN(C)C(=O)c1cccc(NC(C)C)n1. The highest BCUT2D eigenvalue weighted by Crippen LogP contribution is 2.08. The van der Waals surface area contributed by atoms with Gasteiger partial charge < -0.3 is 10.2 Å². The molecule has 0 spiro atoms. The van der Waals surface area contributed by atoms with Gasteiger partial charge in [-0.15, -0.1) is 0 Å². The second kappa shape index (κ2) is 7.26. The van der Waals surface area contributed by atoms with Crippen LogP contribution < -0.4 is 5.32 Å². The molecule has 1 heterocycles. The minimum absolute atomic E-state index is 0.0311. The summed E-state index contributed by atoms with van der Waals surface area (Å²) in [7, 11) is 1.81. The first-order valence-electron chi connectivity index (χ1n) is 6.02. The van der Waals surface area contributed by atoms with Crippen LogP contribution in [0.2, 0.25) is 0 Å². The van der Waals surface area contributed by atoms with Crippen molar-refractivity contribution in [3.63, 3.8) is 0 Å². The molecular formula is C13H21N3OS. The Kier molecular flexibility index (Phi) is 5.98. The lowest BCUT2D eigenvalue weighted by Crippen LogP contribution is -2.29. The van der Waals surface area contributed by atoms with Crippen LogP contribution in [0.25, 0.3) is 0 Å². The highest BCUT2D eigenvalue weighted by atomic mass is 32.2. The smallest absolute Gasteiger partial charge is 0.272 e. The molecule has 0 fully saturated rings. The van der Waals surface area contributed by atoms with Gasteiger partial charge in [-0.05, 0) is 32.2 Å². The highest BCUT2D eigenvalue weighted by Gasteiger charge is 2.13. The lowest BCUT2D eigenvalue weighted by Gasteiger charge is -2.16. The molecular weight excluding hydrogens is 246 g/mol. The molecule has 0 atom stereocenters. The predicted octanol–water partition coefficient (Wildman–Crippen LogP) is 2.34. The molecule has 5 heteroatoms. The number of nitrogens with one attached hydrogen (secondary N) is 1. The molecule has 0 aliphatic carbocycles. The maximum Gasteiger partial charge on any atom is 0.272 e. The van der Waals surface area contributed by atoms with E-state index in [-0.39, 0.29) is 5.91 Å². The van der Waals surface area contributed by atoms with Crippen molar-refractivity contribution in [3.8, 4) is 0 Å². The molecule has 0 unspecified atom stereocenters. The average Bonchev–Trinajstić information content (AvgIpc) is 2.34. The summed E-state index contributed by atoms with van der Waals surface area (Å²) in [6, 6.07) is 5.78. The molecule has 1 amide bonds.